The average molecular weight is 169 g/mol. The Morgan fingerprint density at radius 3 is 2.58 bits per heavy atom. The second-order valence-corrected chi connectivity index (χ2v) is 3.90. The van der Waals surface area contributed by atoms with Gasteiger partial charge in [0.15, 0.2) is 5.90 Å². The van der Waals surface area contributed by atoms with Crippen LogP contribution in [-0.2, 0) is 4.74 Å². The van der Waals surface area contributed by atoms with Gasteiger partial charge in [-0.1, -0.05) is 27.7 Å². The highest BCUT2D eigenvalue weighted by molar-refractivity contribution is 5.79. The molecule has 0 aromatic heterocycles. The molecule has 1 rings (SSSR count). The van der Waals surface area contributed by atoms with Crippen molar-refractivity contribution < 1.29 is 4.74 Å². The van der Waals surface area contributed by atoms with E-state index in [-0.39, 0.29) is 0 Å². The molecule has 0 aromatic carbocycles. The molecule has 2 atom stereocenters. The fourth-order valence-corrected chi connectivity index (χ4v) is 1.19. The molecule has 0 fully saturated rings. The number of nitrogens with zero attached hydrogens (tertiary/aromatic N) is 1. The minimum absolute atomic E-state index is 0.397. The van der Waals surface area contributed by atoms with Gasteiger partial charge in [-0.25, -0.2) is 4.99 Å². The number of rotatable bonds is 3. The van der Waals surface area contributed by atoms with E-state index >= 15 is 0 Å². The summed E-state index contributed by atoms with van der Waals surface area (Å²) >= 11 is 0. The van der Waals surface area contributed by atoms with Crippen molar-refractivity contribution in [2.75, 3.05) is 6.61 Å². The van der Waals surface area contributed by atoms with Gasteiger partial charge in [0.2, 0.25) is 0 Å². The van der Waals surface area contributed by atoms with Gasteiger partial charge in [0, 0.05) is 5.92 Å². The zero-order chi connectivity index (χ0) is 9.14. The minimum Gasteiger partial charge on any atom is -0.478 e. The molecule has 2 heteroatoms. The molecule has 12 heavy (non-hydrogen) atoms. The molecule has 1 aliphatic rings. The van der Waals surface area contributed by atoms with Gasteiger partial charge in [0.1, 0.15) is 6.61 Å². The Bertz CT molecular complexity index is 175. The van der Waals surface area contributed by atoms with Gasteiger partial charge < -0.3 is 4.74 Å². The molecule has 0 spiro atoms. The van der Waals surface area contributed by atoms with Crippen molar-refractivity contribution in [1.82, 2.24) is 0 Å². The monoisotopic (exact) mass is 169 g/mol. The zero-order valence-electron chi connectivity index (χ0n) is 8.50. The van der Waals surface area contributed by atoms with E-state index in [1.54, 1.807) is 0 Å². The molecule has 0 aliphatic carbocycles. The van der Waals surface area contributed by atoms with Crippen LogP contribution in [0.15, 0.2) is 4.99 Å². The zero-order valence-corrected chi connectivity index (χ0v) is 8.50. The number of ether oxygens (including phenoxy) is 1. The molecule has 0 aromatic rings. The van der Waals surface area contributed by atoms with Gasteiger partial charge in [-0.2, -0.15) is 0 Å². The van der Waals surface area contributed by atoms with E-state index < -0.39 is 0 Å². The van der Waals surface area contributed by atoms with Crippen LogP contribution in [0, 0.1) is 11.8 Å². The van der Waals surface area contributed by atoms with E-state index in [0.717, 1.165) is 18.9 Å². The van der Waals surface area contributed by atoms with E-state index in [1.807, 2.05) is 0 Å². The standard InChI is InChI=1S/C10H19NO/c1-5-8(4)10-11-9(6-12-10)7(2)3/h7-9H,5-6H2,1-4H3/t8-,9-/m1/s1. The molecule has 2 nitrogen and oxygen atoms in total. The Balaban J connectivity index is 2.53. The molecule has 70 valence electrons. The summed E-state index contributed by atoms with van der Waals surface area (Å²) in [5.74, 6) is 2.07. The lowest BCUT2D eigenvalue weighted by molar-refractivity contribution is 0.277. The van der Waals surface area contributed by atoms with Crippen LogP contribution >= 0.6 is 0 Å². The second kappa shape index (κ2) is 3.92. The first kappa shape index (κ1) is 9.56. The van der Waals surface area contributed by atoms with Gasteiger partial charge in [0.25, 0.3) is 0 Å². The van der Waals surface area contributed by atoms with Gasteiger partial charge in [0.05, 0.1) is 6.04 Å². The Kier molecular flexibility index (Phi) is 3.12. The summed E-state index contributed by atoms with van der Waals surface area (Å²) in [4.78, 5) is 4.55. The van der Waals surface area contributed by atoms with Gasteiger partial charge >= 0.3 is 0 Å². The third-order valence-electron chi connectivity index (χ3n) is 2.50. The number of aliphatic imine (C=N–C) groups is 1. The largest absolute Gasteiger partial charge is 0.478 e. The molecule has 1 heterocycles. The molecule has 1 aliphatic heterocycles. The Morgan fingerprint density at radius 2 is 2.17 bits per heavy atom. The van der Waals surface area contributed by atoms with Crippen LogP contribution in [0.3, 0.4) is 0 Å². The fraction of sp³-hybridized carbons (Fsp3) is 0.900. The van der Waals surface area contributed by atoms with Crippen LogP contribution in [-0.4, -0.2) is 18.5 Å². The highest BCUT2D eigenvalue weighted by Gasteiger charge is 2.23. The van der Waals surface area contributed by atoms with Crippen molar-refractivity contribution in [1.29, 1.82) is 0 Å². The first-order valence-corrected chi connectivity index (χ1v) is 4.85. The lowest BCUT2D eigenvalue weighted by atomic mass is 10.1. The van der Waals surface area contributed by atoms with E-state index in [9.17, 15) is 0 Å². The predicted molar refractivity (Wildman–Crippen MR) is 51.5 cm³/mol. The van der Waals surface area contributed by atoms with Gasteiger partial charge in [-0.05, 0) is 12.3 Å². The quantitative estimate of drug-likeness (QED) is 0.636. The molecule has 0 N–H and O–H groups in total. The van der Waals surface area contributed by atoms with E-state index in [0.29, 0.717) is 17.9 Å². The molecule has 0 amide bonds. The SMILES string of the molecule is CC[C@@H](C)C1=N[C@@H](C(C)C)CO1. The lowest BCUT2D eigenvalue weighted by Gasteiger charge is -2.07. The fourth-order valence-electron chi connectivity index (χ4n) is 1.19. The van der Waals surface area contributed by atoms with Crippen molar-refractivity contribution in [3.63, 3.8) is 0 Å². The summed E-state index contributed by atoms with van der Waals surface area (Å²) < 4.78 is 5.53. The number of hydrogen-bond acceptors (Lipinski definition) is 2. The van der Waals surface area contributed by atoms with E-state index in [1.165, 1.54) is 0 Å². The highest BCUT2D eigenvalue weighted by Crippen LogP contribution is 2.18. The van der Waals surface area contributed by atoms with Crippen molar-refractivity contribution in [2.24, 2.45) is 16.8 Å². The van der Waals surface area contributed by atoms with Crippen LogP contribution < -0.4 is 0 Å². The molecular weight excluding hydrogens is 150 g/mol. The normalized spacial score (nSPS) is 25.4. The van der Waals surface area contributed by atoms with Crippen molar-refractivity contribution >= 4 is 5.90 Å². The van der Waals surface area contributed by atoms with E-state index in [4.69, 9.17) is 4.74 Å². The second-order valence-electron chi connectivity index (χ2n) is 3.90. The maximum atomic E-state index is 5.53. The average Bonchev–Trinajstić information content (AvgIpc) is 2.51. The maximum absolute atomic E-state index is 5.53. The van der Waals surface area contributed by atoms with Crippen LogP contribution in [0.1, 0.15) is 34.1 Å². The first-order valence-electron chi connectivity index (χ1n) is 4.85. The van der Waals surface area contributed by atoms with Crippen molar-refractivity contribution in [2.45, 2.75) is 40.2 Å². The summed E-state index contributed by atoms with van der Waals surface area (Å²) in [5, 5.41) is 0. The highest BCUT2D eigenvalue weighted by atomic mass is 16.5. The molecular formula is C10H19NO. The Hall–Kier alpha value is -0.530. The molecule has 0 saturated carbocycles. The summed E-state index contributed by atoms with van der Waals surface area (Å²) in [5.41, 5.74) is 0. The topological polar surface area (TPSA) is 21.6 Å². The summed E-state index contributed by atoms with van der Waals surface area (Å²) in [7, 11) is 0. The molecule has 0 radical (unpaired) electrons. The predicted octanol–water partition coefficient (Wildman–Crippen LogP) is 2.49. The molecule has 0 bridgehead atoms. The summed E-state index contributed by atoms with van der Waals surface area (Å²) in [6.07, 6.45) is 1.11. The lowest BCUT2D eigenvalue weighted by Crippen LogP contribution is -2.13. The van der Waals surface area contributed by atoms with Crippen LogP contribution in [0.25, 0.3) is 0 Å². The number of hydrogen-bond donors (Lipinski definition) is 0. The third kappa shape index (κ3) is 1.99. The summed E-state index contributed by atoms with van der Waals surface area (Å²) in [6.45, 7) is 9.51. The summed E-state index contributed by atoms with van der Waals surface area (Å²) in [6, 6.07) is 0.397. The molecule has 0 saturated heterocycles. The first-order chi connectivity index (χ1) is 5.65. The van der Waals surface area contributed by atoms with Crippen LogP contribution in [0.4, 0.5) is 0 Å². The third-order valence-corrected chi connectivity index (χ3v) is 2.50. The van der Waals surface area contributed by atoms with Crippen molar-refractivity contribution in [3.05, 3.63) is 0 Å². The Morgan fingerprint density at radius 1 is 1.50 bits per heavy atom. The minimum atomic E-state index is 0.397. The van der Waals surface area contributed by atoms with Crippen molar-refractivity contribution in [3.8, 4) is 0 Å². The Labute approximate surface area is 75.0 Å². The van der Waals surface area contributed by atoms with Gasteiger partial charge in [-0.15, -0.1) is 0 Å². The maximum Gasteiger partial charge on any atom is 0.186 e. The van der Waals surface area contributed by atoms with Gasteiger partial charge in [-0.3, -0.25) is 0 Å². The van der Waals surface area contributed by atoms with Crippen LogP contribution in [0.5, 0.6) is 0 Å². The smallest absolute Gasteiger partial charge is 0.186 e. The van der Waals surface area contributed by atoms with Crippen LogP contribution in [0.2, 0.25) is 0 Å². The molecule has 0 unspecified atom stereocenters. The van der Waals surface area contributed by atoms with E-state index in [2.05, 4.69) is 32.7 Å².